The third kappa shape index (κ3) is 8.78. The van der Waals surface area contributed by atoms with E-state index in [1.165, 1.54) is 5.56 Å². The van der Waals surface area contributed by atoms with Gasteiger partial charge in [0.1, 0.15) is 5.76 Å². The number of guanidine groups is 1. The van der Waals surface area contributed by atoms with Crippen molar-refractivity contribution in [1.29, 1.82) is 0 Å². The SMILES string of the molecule is CC(C)CC(CCO)CNC(=NCc1ccccc1)NCCc1ccco1. The van der Waals surface area contributed by atoms with E-state index in [1.807, 2.05) is 30.3 Å². The van der Waals surface area contributed by atoms with Crippen LogP contribution in [0.5, 0.6) is 0 Å². The van der Waals surface area contributed by atoms with Gasteiger partial charge >= 0.3 is 0 Å². The first-order chi connectivity index (χ1) is 13.2. The van der Waals surface area contributed by atoms with Gasteiger partial charge in [-0.05, 0) is 42.4 Å². The minimum absolute atomic E-state index is 0.224. The number of hydrogen-bond donors (Lipinski definition) is 3. The Morgan fingerprint density at radius 2 is 1.93 bits per heavy atom. The van der Waals surface area contributed by atoms with E-state index >= 15 is 0 Å². The highest BCUT2D eigenvalue weighted by atomic mass is 16.3. The van der Waals surface area contributed by atoms with Crippen LogP contribution in [0.1, 0.15) is 38.0 Å². The van der Waals surface area contributed by atoms with Gasteiger partial charge in [-0.3, -0.25) is 0 Å². The van der Waals surface area contributed by atoms with E-state index in [0.717, 1.165) is 44.1 Å². The second kappa shape index (κ2) is 12.2. The van der Waals surface area contributed by atoms with Crippen molar-refractivity contribution in [3.8, 4) is 0 Å². The number of rotatable bonds is 11. The second-order valence-electron chi connectivity index (χ2n) is 7.30. The third-order valence-electron chi connectivity index (χ3n) is 4.41. The smallest absolute Gasteiger partial charge is 0.191 e. The van der Waals surface area contributed by atoms with E-state index in [1.54, 1.807) is 6.26 Å². The van der Waals surface area contributed by atoms with Crippen molar-refractivity contribution >= 4 is 5.96 Å². The number of nitrogens with zero attached hydrogens (tertiary/aromatic N) is 1. The van der Waals surface area contributed by atoms with Gasteiger partial charge in [-0.15, -0.1) is 0 Å². The molecule has 0 aliphatic carbocycles. The van der Waals surface area contributed by atoms with Crippen LogP contribution in [0.2, 0.25) is 0 Å². The zero-order valence-corrected chi connectivity index (χ0v) is 16.5. The number of aliphatic hydroxyl groups excluding tert-OH is 1. The second-order valence-corrected chi connectivity index (χ2v) is 7.30. The fourth-order valence-corrected chi connectivity index (χ4v) is 3.08. The lowest BCUT2D eigenvalue weighted by Gasteiger charge is -2.20. The molecule has 2 aromatic rings. The minimum atomic E-state index is 0.224. The van der Waals surface area contributed by atoms with Crippen molar-refractivity contribution in [2.75, 3.05) is 19.7 Å². The highest BCUT2D eigenvalue weighted by Gasteiger charge is 2.11. The number of benzene rings is 1. The molecule has 0 saturated heterocycles. The minimum Gasteiger partial charge on any atom is -0.469 e. The van der Waals surface area contributed by atoms with Crippen LogP contribution in [0, 0.1) is 11.8 Å². The van der Waals surface area contributed by atoms with Crippen molar-refractivity contribution < 1.29 is 9.52 Å². The molecule has 3 N–H and O–H groups in total. The molecule has 0 spiro atoms. The van der Waals surface area contributed by atoms with Crippen LogP contribution in [0.4, 0.5) is 0 Å². The summed E-state index contributed by atoms with van der Waals surface area (Å²) in [4.78, 5) is 4.73. The molecule has 0 aliphatic rings. The van der Waals surface area contributed by atoms with E-state index < -0.39 is 0 Å². The van der Waals surface area contributed by atoms with Gasteiger partial charge in [0.25, 0.3) is 0 Å². The average Bonchev–Trinajstić information content (AvgIpc) is 3.17. The van der Waals surface area contributed by atoms with Gasteiger partial charge < -0.3 is 20.2 Å². The molecule has 0 fully saturated rings. The predicted molar refractivity (Wildman–Crippen MR) is 111 cm³/mol. The molecule has 5 heteroatoms. The van der Waals surface area contributed by atoms with Crippen molar-refractivity contribution in [2.24, 2.45) is 16.8 Å². The van der Waals surface area contributed by atoms with Crippen LogP contribution in [-0.4, -0.2) is 30.8 Å². The molecule has 0 radical (unpaired) electrons. The molecule has 0 amide bonds. The van der Waals surface area contributed by atoms with Crippen LogP contribution in [0.3, 0.4) is 0 Å². The summed E-state index contributed by atoms with van der Waals surface area (Å²) in [6, 6.07) is 14.1. The fraction of sp³-hybridized carbons (Fsp3) is 0.500. The maximum absolute atomic E-state index is 9.33. The van der Waals surface area contributed by atoms with E-state index in [9.17, 15) is 5.11 Å². The third-order valence-corrected chi connectivity index (χ3v) is 4.41. The largest absolute Gasteiger partial charge is 0.469 e. The highest BCUT2D eigenvalue weighted by Crippen LogP contribution is 2.14. The summed E-state index contributed by atoms with van der Waals surface area (Å²) in [5, 5.41) is 16.2. The van der Waals surface area contributed by atoms with Gasteiger partial charge in [-0.1, -0.05) is 44.2 Å². The van der Waals surface area contributed by atoms with Crippen LogP contribution in [0.25, 0.3) is 0 Å². The highest BCUT2D eigenvalue weighted by molar-refractivity contribution is 5.79. The van der Waals surface area contributed by atoms with Crippen LogP contribution in [0.15, 0.2) is 58.1 Å². The zero-order chi connectivity index (χ0) is 19.3. The molecule has 1 aromatic heterocycles. The summed E-state index contributed by atoms with van der Waals surface area (Å²) in [6.07, 6.45) is 4.41. The maximum atomic E-state index is 9.33. The molecule has 1 aromatic carbocycles. The Hall–Kier alpha value is -2.27. The zero-order valence-electron chi connectivity index (χ0n) is 16.5. The summed E-state index contributed by atoms with van der Waals surface area (Å²) >= 11 is 0. The van der Waals surface area contributed by atoms with Crippen molar-refractivity contribution in [2.45, 2.75) is 39.7 Å². The normalized spacial score (nSPS) is 13.0. The molecule has 0 saturated carbocycles. The van der Waals surface area contributed by atoms with Gasteiger partial charge in [0, 0.05) is 26.1 Å². The monoisotopic (exact) mass is 371 g/mol. The molecule has 1 atom stereocenters. The molecule has 0 aliphatic heterocycles. The van der Waals surface area contributed by atoms with E-state index in [0.29, 0.717) is 18.4 Å². The van der Waals surface area contributed by atoms with Crippen molar-refractivity contribution in [3.05, 3.63) is 60.1 Å². The quantitative estimate of drug-likeness (QED) is 0.417. The lowest BCUT2D eigenvalue weighted by Crippen LogP contribution is -2.41. The topological polar surface area (TPSA) is 69.8 Å². The Kier molecular flexibility index (Phi) is 9.49. The Labute approximate surface area is 162 Å². The van der Waals surface area contributed by atoms with Crippen LogP contribution < -0.4 is 10.6 Å². The number of aliphatic hydroxyl groups is 1. The molecule has 1 heterocycles. The van der Waals surface area contributed by atoms with Crippen molar-refractivity contribution in [1.82, 2.24) is 10.6 Å². The number of hydrogen-bond acceptors (Lipinski definition) is 3. The lowest BCUT2D eigenvalue weighted by molar-refractivity contribution is 0.243. The number of furan rings is 1. The lowest BCUT2D eigenvalue weighted by atomic mass is 9.94. The van der Waals surface area contributed by atoms with Gasteiger partial charge in [-0.2, -0.15) is 0 Å². The van der Waals surface area contributed by atoms with E-state index in [2.05, 4.69) is 36.6 Å². The Bertz CT molecular complexity index is 639. The van der Waals surface area contributed by atoms with Crippen LogP contribution in [-0.2, 0) is 13.0 Å². The van der Waals surface area contributed by atoms with Gasteiger partial charge in [0.15, 0.2) is 5.96 Å². The molecule has 0 bridgehead atoms. The first-order valence-corrected chi connectivity index (χ1v) is 9.86. The maximum Gasteiger partial charge on any atom is 0.191 e. The summed E-state index contributed by atoms with van der Waals surface area (Å²) in [5.74, 6) is 2.81. The number of aliphatic imine (C=N–C) groups is 1. The van der Waals surface area contributed by atoms with Crippen LogP contribution >= 0.6 is 0 Å². The molecule has 148 valence electrons. The first kappa shape index (κ1) is 21.0. The van der Waals surface area contributed by atoms with E-state index in [-0.39, 0.29) is 6.61 Å². The predicted octanol–water partition coefficient (Wildman–Crippen LogP) is 3.60. The summed E-state index contributed by atoms with van der Waals surface area (Å²) in [6.45, 7) is 6.85. The van der Waals surface area contributed by atoms with Gasteiger partial charge in [0.2, 0.25) is 0 Å². The van der Waals surface area contributed by atoms with Gasteiger partial charge in [-0.25, -0.2) is 4.99 Å². The standard InChI is InChI=1S/C22H33N3O2/c1-18(2)15-20(11-13-26)17-25-22(23-12-10-21-9-6-14-27-21)24-16-19-7-4-3-5-8-19/h3-9,14,18,20,26H,10-13,15-17H2,1-2H3,(H2,23,24,25). The summed E-state index contributed by atoms with van der Waals surface area (Å²) < 4.78 is 5.39. The Balaban J connectivity index is 1.92. The first-order valence-electron chi connectivity index (χ1n) is 9.86. The fourth-order valence-electron chi connectivity index (χ4n) is 3.08. The number of nitrogens with one attached hydrogen (secondary N) is 2. The van der Waals surface area contributed by atoms with Gasteiger partial charge in [0.05, 0.1) is 12.8 Å². The molecular formula is C22H33N3O2. The molecule has 2 rings (SSSR count). The summed E-state index contributed by atoms with van der Waals surface area (Å²) in [5.41, 5.74) is 1.18. The van der Waals surface area contributed by atoms with E-state index in [4.69, 9.17) is 9.41 Å². The molecule has 1 unspecified atom stereocenters. The van der Waals surface area contributed by atoms with Crippen molar-refractivity contribution in [3.63, 3.8) is 0 Å². The summed E-state index contributed by atoms with van der Waals surface area (Å²) in [7, 11) is 0. The Morgan fingerprint density at radius 1 is 1.11 bits per heavy atom. The molecule has 27 heavy (non-hydrogen) atoms. The Morgan fingerprint density at radius 3 is 2.59 bits per heavy atom. The average molecular weight is 372 g/mol. The molecule has 5 nitrogen and oxygen atoms in total. The molecular weight excluding hydrogens is 338 g/mol.